The number of aromatic nitrogens is 2. The number of carbonyl (C=O) groups is 2. The zero-order valence-electron chi connectivity index (χ0n) is 19.1. The topological polar surface area (TPSA) is 84.4 Å². The molecule has 1 saturated heterocycles. The molecule has 1 fully saturated rings. The van der Waals surface area contributed by atoms with Gasteiger partial charge in [-0.25, -0.2) is 14.8 Å². The van der Waals surface area contributed by atoms with Gasteiger partial charge in [0.1, 0.15) is 11.9 Å². The van der Waals surface area contributed by atoms with Crippen molar-refractivity contribution in [1.82, 2.24) is 14.9 Å². The predicted molar refractivity (Wildman–Crippen MR) is 127 cm³/mol. The van der Waals surface area contributed by atoms with Crippen LogP contribution in [-0.2, 0) is 9.53 Å². The maximum Gasteiger partial charge on any atom is 0.410 e. The highest BCUT2D eigenvalue weighted by Crippen LogP contribution is 2.34. The minimum Gasteiger partial charge on any atom is -0.444 e. The van der Waals surface area contributed by atoms with Crippen LogP contribution in [0.25, 0.3) is 11.1 Å². The van der Waals surface area contributed by atoms with Crippen molar-refractivity contribution in [2.24, 2.45) is 5.92 Å². The second-order valence-electron chi connectivity index (χ2n) is 9.21. The van der Waals surface area contributed by atoms with Gasteiger partial charge in [0.05, 0.1) is 5.92 Å². The van der Waals surface area contributed by atoms with Crippen molar-refractivity contribution >= 4 is 17.7 Å². The lowest BCUT2D eigenvalue weighted by Crippen LogP contribution is -2.36. The van der Waals surface area contributed by atoms with E-state index in [1.54, 1.807) is 17.3 Å². The second kappa shape index (κ2) is 9.40. The number of anilines is 1. The lowest BCUT2D eigenvalue weighted by Gasteiger charge is -2.24. The number of carbonyl (C=O) groups excluding carboxylic acids is 2. The highest BCUT2D eigenvalue weighted by atomic mass is 16.6. The maximum absolute atomic E-state index is 13.4. The van der Waals surface area contributed by atoms with E-state index in [2.05, 4.69) is 15.3 Å². The van der Waals surface area contributed by atoms with E-state index in [1.807, 2.05) is 75.4 Å². The summed E-state index contributed by atoms with van der Waals surface area (Å²) in [5.41, 5.74) is 2.90. The number of hydrogen-bond acceptors (Lipinski definition) is 5. The Labute approximate surface area is 193 Å². The van der Waals surface area contributed by atoms with Gasteiger partial charge in [0.2, 0.25) is 5.91 Å². The summed E-state index contributed by atoms with van der Waals surface area (Å²) in [5.74, 6) is -0.649. The van der Waals surface area contributed by atoms with Gasteiger partial charge in [0, 0.05) is 42.7 Å². The van der Waals surface area contributed by atoms with Gasteiger partial charge in [0.25, 0.3) is 0 Å². The molecule has 2 atom stereocenters. The molecule has 0 radical (unpaired) electrons. The van der Waals surface area contributed by atoms with E-state index >= 15 is 0 Å². The monoisotopic (exact) mass is 444 g/mol. The van der Waals surface area contributed by atoms with Crippen LogP contribution >= 0.6 is 0 Å². The van der Waals surface area contributed by atoms with Crippen molar-refractivity contribution in [2.75, 3.05) is 18.4 Å². The van der Waals surface area contributed by atoms with Crippen molar-refractivity contribution in [3.63, 3.8) is 0 Å². The number of nitrogens with zero attached hydrogens (tertiary/aromatic N) is 3. The molecule has 2 aromatic carbocycles. The molecule has 1 aliphatic heterocycles. The van der Waals surface area contributed by atoms with Crippen LogP contribution < -0.4 is 5.32 Å². The Kier molecular flexibility index (Phi) is 6.40. The number of hydrogen-bond donors (Lipinski definition) is 1. The molecular formula is C26H28N4O3. The first-order valence-electron chi connectivity index (χ1n) is 11.0. The Bertz CT molecular complexity index is 1110. The molecule has 4 rings (SSSR count). The van der Waals surface area contributed by atoms with Gasteiger partial charge in [-0.2, -0.15) is 0 Å². The molecule has 2 heterocycles. The fourth-order valence-corrected chi connectivity index (χ4v) is 4.04. The first-order valence-corrected chi connectivity index (χ1v) is 11.0. The molecule has 2 amide bonds. The maximum atomic E-state index is 13.4. The van der Waals surface area contributed by atoms with Crippen molar-refractivity contribution in [2.45, 2.75) is 32.3 Å². The summed E-state index contributed by atoms with van der Waals surface area (Å²) in [6.45, 7) is 6.24. The van der Waals surface area contributed by atoms with Crippen LogP contribution in [0.4, 0.5) is 10.5 Å². The number of nitrogens with one attached hydrogen (secondary N) is 1. The van der Waals surface area contributed by atoms with E-state index in [4.69, 9.17) is 4.74 Å². The Morgan fingerprint density at radius 3 is 2.39 bits per heavy atom. The summed E-state index contributed by atoms with van der Waals surface area (Å²) >= 11 is 0. The van der Waals surface area contributed by atoms with Gasteiger partial charge >= 0.3 is 6.09 Å². The highest BCUT2D eigenvalue weighted by Gasteiger charge is 2.41. The average Bonchev–Trinajstić information content (AvgIpc) is 3.25. The van der Waals surface area contributed by atoms with E-state index < -0.39 is 17.6 Å². The summed E-state index contributed by atoms with van der Waals surface area (Å²) in [5, 5.41) is 3.04. The molecule has 0 spiro atoms. The molecule has 1 aliphatic rings. The third kappa shape index (κ3) is 5.55. The van der Waals surface area contributed by atoms with Crippen molar-refractivity contribution in [3.8, 4) is 11.1 Å². The van der Waals surface area contributed by atoms with Crippen LogP contribution in [0.2, 0.25) is 0 Å². The van der Waals surface area contributed by atoms with Crippen molar-refractivity contribution < 1.29 is 14.3 Å². The molecule has 33 heavy (non-hydrogen) atoms. The van der Waals surface area contributed by atoms with Crippen LogP contribution in [0.3, 0.4) is 0 Å². The van der Waals surface area contributed by atoms with E-state index in [-0.39, 0.29) is 11.8 Å². The van der Waals surface area contributed by atoms with Gasteiger partial charge in [-0.1, -0.05) is 42.5 Å². The first kappa shape index (κ1) is 22.5. The summed E-state index contributed by atoms with van der Waals surface area (Å²) in [7, 11) is 0. The molecule has 0 saturated carbocycles. The molecule has 170 valence electrons. The largest absolute Gasteiger partial charge is 0.444 e. The lowest BCUT2D eigenvalue weighted by molar-refractivity contribution is -0.119. The van der Waals surface area contributed by atoms with Crippen LogP contribution in [0.1, 0.15) is 32.3 Å². The minimum absolute atomic E-state index is 0.121. The van der Waals surface area contributed by atoms with Gasteiger partial charge < -0.3 is 15.0 Å². The third-order valence-corrected chi connectivity index (χ3v) is 5.56. The SMILES string of the molecule is CC(C)(C)OC(=O)N1C[C@@H](C(=O)Nc2cccc(-c3cncnc3)c2)[C@H](c2ccccc2)C1. The fourth-order valence-electron chi connectivity index (χ4n) is 4.04. The number of ether oxygens (including phenoxy) is 1. The van der Waals surface area contributed by atoms with Gasteiger partial charge in [-0.15, -0.1) is 0 Å². The van der Waals surface area contributed by atoms with Crippen LogP contribution in [-0.4, -0.2) is 45.6 Å². The molecule has 1 aromatic heterocycles. The zero-order valence-corrected chi connectivity index (χ0v) is 19.1. The molecule has 1 N–H and O–H groups in total. The normalized spacial score (nSPS) is 18.1. The summed E-state index contributed by atoms with van der Waals surface area (Å²) < 4.78 is 5.56. The Hall–Kier alpha value is -3.74. The van der Waals surface area contributed by atoms with Gasteiger partial charge in [0.15, 0.2) is 0 Å². The summed E-state index contributed by atoms with van der Waals surface area (Å²) in [6, 6.07) is 17.4. The van der Waals surface area contributed by atoms with E-state index in [0.717, 1.165) is 16.7 Å². The average molecular weight is 445 g/mol. The zero-order chi connectivity index (χ0) is 23.4. The van der Waals surface area contributed by atoms with E-state index in [0.29, 0.717) is 18.8 Å². The summed E-state index contributed by atoms with van der Waals surface area (Å²) in [6.07, 6.45) is 4.55. The third-order valence-electron chi connectivity index (χ3n) is 5.56. The molecule has 7 heteroatoms. The lowest BCUT2D eigenvalue weighted by atomic mass is 9.88. The van der Waals surface area contributed by atoms with Crippen molar-refractivity contribution in [3.05, 3.63) is 78.9 Å². The smallest absolute Gasteiger partial charge is 0.410 e. The molecule has 0 bridgehead atoms. The van der Waals surface area contributed by atoms with Gasteiger partial charge in [-0.3, -0.25) is 4.79 Å². The van der Waals surface area contributed by atoms with E-state index in [1.165, 1.54) is 6.33 Å². The fraction of sp³-hybridized carbons (Fsp3) is 0.308. The van der Waals surface area contributed by atoms with Crippen LogP contribution in [0.5, 0.6) is 0 Å². The molecule has 3 aromatic rings. The molecule has 0 unspecified atom stereocenters. The highest BCUT2D eigenvalue weighted by molar-refractivity contribution is 5.94. The Morgan fingerprint density at radius 1 is 0.970 bits per heavy atom. The number of rotatable bonds is 4. The van der Waals surface area contributed by atoms with Gasteiger partial charge in [-0.05, 0) is 44.0 Å². The molecular weight excluding hydrogens is 416 g/mol. The molecule has 7 nitrogen and oxygen atoms in total. The standard InChI is InChI=1S/C26H28N4O3/c1-26(2,3)33-25(32)30-15-22(18-8-5-4-6-9-18)23(16-30)24(31)29-21-11-7-10-19(12-21)20-13-27-17-28-14-20/h4-14,17,22-23H,15-16H2,1-3H3,(H,29,31)/t22-,23+/m0/s1. The van der Waals surface area contributed by atoms with Crippen LogP contribution in [0, 0.1) is 5.92 Å². The van der Waals surface area contributed by atoms with Crippen molar-refractivity contribution in [1.29, 1.82) is 0 Å². The molecule has 0 aliphatic carbocycles. The summed E-state index contributed by atoms with van der Waals surface area (Å²) in [4.78, 5) is 35.9. The second-order valence-corrected chi connectivity index (χ2v) is 9.21. The number of likely N-dealkylation sites (tertiary alicyclic amines) is 1. The minimum atomic E-state index is -0.596. The quantitative estimate of drug-likeness (QED) is 0.629. The first-order chi connectivity index (χ1) is 15.8. The Balaban J connectivity index is 1.55. The Morgan fingerprint density at radius 2 is 1.70 bits per heavy atom. The number of amides is 2. The number of benzene rings is 2. The van der Waals surface area contributed by atoms with E-state index in [9.17, 15) is 9.59 Å². The predicted octanol–water partition coefficient (Wildman–Crippen LogP) is 4.73. The van der Waals surface area contributed by atoms with Crippen LogP contribution in [0.15, 0.2) is 73.3 Å².